The van der Waals surface area contributed by atoms with Crippen molar-refractivity contribution in [1.82, 2.24) is 0 Å². The lowest BCUT2D eigenvalue weighted by Crippen LogP contribution is -2.11. The van der Waals surface area contributed by atoms with Crippen LogP contribution in [0.25, 0.3) is 12.2 Å². The van der Waals surface area contributed by atoms with Crippen LogP contribution in [0.3, 0.4) is 0 Å². The first-order valence-corrected chi connectivity index (χ1v) is 7.54. The molecule has 0 amide bonds. The second-order valence-corrected chi connectivity index (χ2v) is 5.70. The second kappa shape index (κ2) is 7.81. The van der Waals surface area contributed by atoms with Gasteiger partial charge in [-0.25, -0.2) is 9.59 Å². The molecule has 0 radical (unpaired) electrons. The minimum atomic E-state index is -1.34. The number of halogens is 2. The summed E-state index contributed by atoms with van der Waals surface area (Å²) in [4.78, 5) is 23.1. The first kappa shape index (κ1) is 17.8. The lowest BCUT2D eigenvalue weighted by Gasteiger charge is -2.05. The van der Waals surface area contributed by atoms with E-state index in [2.05, 4.69) is 0 Å². The third kappa shape index (κ3) is 4.72. The van der Waals surface area contributed by atoms with Gasteiger partial charge in [-0.3, -0.25) is 0 Å². The zero-order valence-corrected chi connectivity index (χ0v) is 13.8. The molecule has 0 saturated heterocycles. The molecule has 0 aromatic heterocycles. The summed E-state index contributed by atoms with van der Waals surface area (Å²) in [5, 5.41) is 19.8. The summed E-state index contributed by atoms with van der Waals surface area (Å²) in [5.41, 5.74) is 0.389. The molecule has 0 atom stereocenters. The second-order valence-electron chi connectivity index (χ2n) is 4.83. The summed E-state index contributed by atoms with van der Waals surface area (Å²) >= 11 is 11.6. The zero-order valence-electron chi connectivity index (χ0n) is 12.2. The van der Waals surface area contributed by atoms with E-state index in [0.29, 0.717) is 21.2 Å². The van der Waals surface area contributed by atoms with Gasteiger partial charge in [0, 0.05) is 10.0 Å². The fourth-order valence-corrected chi connectivity index (χ4v) is 2.21. The average Bonchev–Trinajstić information content (AvgIpc) is 2.54. The predicted octanol–water partition coefficient (Wildman–Crippen LogP) is 4.63. The Labute approximate surface area is 148 Å². The number of carboxylic acids is 2. The summed E-state index contributed by atoms with van der Waals surface area (Å²) < 4.78 is 0. The maximum atomic E-state index is 11.5. The highest BCUT2D eigenvalue weighted by Crippen LogP contribution is 2.21. The predicted molar refractivity (Wildman–Crippen MR) is 94.1 cm³/mol. The highest BCUT2D eigenvalue weighted by Gasteiger charge is 2.20. The fraction of sp³-hybridized carbons (Fsp3) is 0. The Kier molecular flexibility index (Phi) is 5.79. The lowest BCUT2D eigenvalue weighted by atomic mass is 10.0. The van der Waals surface area contributed by atoms with Gasteiger partial charge in [0.25, 0.3) is 0 Å². The van der Waals surface area contributed by atoms with Crippen LogP contribution in [0.5, 0.6) is 0 Å². The maximum absolute atomic E-state index is 11.5. The molecular formula is C18H12Cl2O4. The molecule has 0 aliphatic heterocycles. The molecule has 0 heterocycles. The molecule has 24 heavy (non-hydrogen) atoms. The third-order valence-electron chi connectivity index (χ3n) is 3.11. The van der Waals surface area contributed by atoms with Crippen LogP contribution < -0.4 is 0 Å². The monoisotopic (exact) mass is 362 g/mol. The SMILES string of the molecule is O=C(O)C(=C\c1ccc(Cl)cc1)/C(=C\c1ccc(Cl)cc1)C(=O)O. The van der Waals surface area contributed by atoms with Crippen molar-refractivity contribution in [3.05, 3.63) is 80.8 Å². The summed E-state index contributed by atoms with van der Waals surface area (Å²) in [6, 6.07) is 12.8. The molecule has 2 aromatic rings. The van der Waals surface area contributed by atoms with E-state index in [9.17, 15) is 19.8 Å². The summed E-state index contributed by atoms with van der Waals surface area (Å²) in [6.07, 6.45) is 2.57. The average molecular weight is 363 g/mol. The molecule has 2 rings (SSSR count). The summed E-state index contributed by atoms with van der Waals surface area (Å²) in [5.74, 6) is -2.68. The van der Waals surface area contributed by atoms with Gasteiger partial charge in [-0.05, 0) is 47.5 Å². The highest BCUT2D eigenvalue weighted by molar-refractivity contribution is 6.30. The largest absolute Gasteiger partial charge is 0.478 e. The Bertz CT molecular complexity index is 748. The van der Waals surface area contributed by atoms with Gasteiger partial charge in [0.2, 0.25) is 0 Å². The van der Waals surface area contributed by atoms with Crippen molar-refractivity contribution < 1.29 is 19.8 Å². The van der Waals surface area contributed by atoms with Gasteiger partial charge in [0.05, 0.1) is 11.1 Å². The van der Waals surface area contributed by atoms with E-state index >= 15 is 0 Å². The van der Waals surface area contributed by atoms with Crippen LogP contribution in [0.2, 0.25) is 10.0 Å². The molecule has 4 nitrogen and oxygen atoms in total. The van der Waals surface area contributed by atoms with Crippen LogP contribution >= 0.6 is 23.2 Å². The first-order valence-electron chi connectivity index (χ1n) is 6.78. The molecule has 0 unspecified atom stereocenters. The van der Waals surface area contributed by atoms with E-state index in [0.717, 1.165) is 0 Å². The van der Waals surface area contributed by atoms with Gasteiger partial charge in [-0.2, -0.15) is 0 Å². The highest BCUT2D eigenvalue weighted by atomic mass is 35.5. The molecule has 122 valence electrons. The lowest BCUT2D eigenvalue weighted by molar-refractivity contribution is -0.136. The molecule has 0 aliphatic carbocycles. The number of benzene rings is 2. The van der Waals surface area contributed by atoms with Gasteiger partial charge in [0.1, 0.15) is 0 Å². The van der Waals surface area contributed by atoms with E-state index in [1.165, 1.54) is 12.2 Å². The molecular weight excluding hydrogens is 351 g/mol. The minimum Gasteiger partial charge on any atom is -0.478 e. The smallest absolute Gasteiger partial charge is 0.336 e. The zero-order chi connectivity index (χ0) is 17.7. The first-order chi connectivity index (χ1) is 11.4. The van der Waals surface area contributed by atoms with Crippen LogP contribution in [0.1, 0.15) is 11.1 Å². The topological polar surface area (TPSA) is 74.6 Å². The van der Waals surface area contributed by atoms with Gasteiger partial charge >= 0.3 is 11.9 Å². The van der Waals surface area contributed by atoms with Crippen LogP contribution in [0, 0.1) is 0 Å². The quantitative estimate of drug-likeness (QED) is 0.600. The number of carboxylic acid groups (broad SMARTS) is 2. The molecule has 0 saturated carbocycles. The minimum absolute atomic E-state index is 0.334. The fourth-order valence-electron chi connectivity index (χ4n) is 1.96. The van der Waals surface area contributed by atoms with Crippen molar-refractivity contribution in [1.29, 1.82) is 0 Å². The Morgan fingerprint density at radius 3 is 1.21 bits per heavy atom. The molecule has 0 aliphatic rings. The Hall–Kier alpha value is -2.56. The van der Waals surface area contributed by atoms with E-state index < -0.39 is 11.9 Å². The van der Waals surface area contributed by atoms with Crippen LogP contribution in [0.15, 0.2) is 59.7 Å². The van der Waals surface area contributed by atoms with E-state index in [1.54, 1.807) is 48.5 Å². The van der Waals surface area contributed by atoms with Crippen LogP contribution in [-0.2, 0) is 9.59 Å². The van der Waals surface area contributed by atoms with Crippen molar-refractivity contribution in [2.75, 3.05) is 0 Å². The Morgan fingerprint density at radius 2 is 0.958 bits per heavy atom. The van der Waals surface area contributed by atoms with E-state index in [1.807, 2.05) is 0 Å². The van der Waals surface area contributed by atoms with Crippen molar-refractivity contribution in [3.8, 4) is 0 Å². The normalized spacial score (nSPS) is 12.1. The van der Waals surface area contributed by atoms with Gasteiger partial charge < -0.3 is 10.2 Å². The van der Waals surface area contributed by atoms with Crippen LogP contribution in [0.4, 0.5) is 0 Å². The molecule has 0 bridgehead atoms. The maximum Gasteiger partial charge on any atom is 0.336 e. The van der Waals surface area contributed by atoms with E-state index in [-0.39, 0.29) is 11.1 Å². The summed E-state index contributed by atoms with van der Waals surface area (Å²) in [7, 11) is 0. The summed E-state index contributed by atoms with van der Waals surface area (Å²) in [6.45, 7) is 0. The molecule has 0 fully saturated rings. The van der Waals surface area contributed by atoms with Crippen LogP contribution in [-0.4, -0.2) is 22.2 Å². The number of hydrogen-bond acceptors (Lipinski definition) is 2. The molecule has 2 aromatic carbocycles. The van der Waals surface area contributed by atoms with Crippen molar-refractivity contribution in [2.45, 2.75) is 0 Å². The molecule has 6 heteroatoms. The van der Waals surface area contributed by atoms with Crippen molar-refractivity contribution in [2.24, 2.45) is 0 Å². The van der Waals surface area contributed by atoms with Gasteiger partial charge in [-0.15, -0.1) is 0 Å². The Balaban J connectivity index is 2.52. The number of carbonyl (C=O) groups is 2. The number of aliphatic carboxylic acids is 2. The Morgan fingerprint density at radius 1 is 0.667 bits per heavy atom. The van der Waals surface area contributed by atoms with Gasteiger partial charge in [0.15, 0.2) is 0 Å². The van der Waals surface area contributed by atoms with E-state index in [4.69, 9.17) is 23.2 Å². The molecule has 2 N–H and O–H groups in total. The molecule has 0 spiro atoms. The number of rotatable bonds is 5. The standard InChI is InChI=1S/C18H12Cl2O4/c19-13-5-1-11(2-6-13)9-15(17(21)22)16(18(23)24)10-12-3-7-14(20)8-4-12/h1-10H,(H,21,22)(H,23,24)/b15-9-,16-10+. The van der Waals surface area contributed by atoms with Crippen molar-refractivity contribution in [3.63, 3.8) is 0 Å². The van der Waals surface area contributed by atoms with Gasteiger partial charge in [-0.1, -0.05) is 47.5 Å². The number of hydrogen-bond donors (Lipinski definition) is 2. The van der Waals surface area contributed by atoms with Crippen molar-refractivity contribution >= 4 is 47.3 Å². The third-order valence-corrected chi connectivity index (χ3v) is 3.62.